The highest BCUT2D eigenvalue weighted by Crippen LogP contribution is 2.40. The van der Waals surface area contributed by atoms with Gasteiger partial charge in [0.25, 0.3) is 5.91 Å². The molecule has 2 N–H and O–H groups in total. The predicted octanol–water partition coefficient (Wildman–Crippen LogP) is 0.108. The van der Waals surface area contributed by atoms with Crippen LogP contribution in [0.3, 0.4) is 0 Å². The number of amides is 2. The fraction of sp³-hybridized carbons (Fsp3) is 0.545. The molecule has 2 aliphatic heterocycles. The van der Waals surface area contributed by atoms with Crippen LogP contribution in [0.25, 0.3) is 0 Å². The van der Waals surface area contributed by atoms with E-state index in [-0.39, 0.29) is 22.9 Å². The number of carboxylic acid groups (broad SMARTS) is 1. The molecule has 6 nitrogen and oxygen atoms in total. The molecule has 19 heavy (non-hydrogen) atoms. The number of aliphatic carboxylic acids is 1. The fourth-order valence-corrected chi connectivity index (χ4v) is 4.25. The molecular weight excluding hydrogens is 288 g/mol. The molecule has 0 aliphatic carbocycles. The zero-order valence-electron chi connectivity index (χ0n) is 10.5. The summed E-state index contributed by atoms with van der Waals surface area (Å²) in [6, 6.07) is -0.604. The van der Waals surface area contributed by atoms with E-state index in [1.165, 1.54) is 35.3 Å². The molecular formula is C11H14N2O4S2. The quantitative estimate of drug-likeness (QED) is 0.717. The summed E-state index contributed by atoms with van der Waals surface area (Å²) in [7, 11) is 0. The molecule has 0 aromatic rings. The van der Waals surface area contributed by atoms with Crippen molar-refractivity contribution < 1.29 is 19.5 Å². The molecule has 2 rings (SSSR count). The monoisotopic (exact) mass is 302 g/mol. The highest BCUT2D eigenvalue weighted by atomic mass is 32.2. The molecule has 0 spiro atoms. The highest BCUT2D eigenvalue weighted by Gasteiger charge is 2.53. The van der Waals surface area contributed by atoms with Gasteiger partial charge in [-0.05, 0) is 11.8 Å². The van der Waals surface area contributed by atoms with Crippen LogP contribution < -0.4 is 5.32 Å². The first-order valence-corrected chi connectivity index (χ1v) is 8.07. The average Bonchev–Trinajstić information content (AvgIpc) is 2.35. The standard InChI is InChI=1S/C11H14N2O4S2/c1-5(14)12-7-9(15)13-8(11(16)17)6(3-18-2)4-19-10(7)13/h7,10H,3-4H2,1-2H3,(H,12,14)(H,16,17)/t7-,10-/m1/s1. The van der Waals surface area contributed by atoms with Crippen LogP contribution in [0.1, 0.15) is 6.92 Å². The molecule has 2 aliphatic rings. The number of carboxylic acids is 1. The minimum absolute atomic E-state index is 0.0877. The topological polar surface area (TPSA) is 86.7 Å². The third-order valence-electron chi connectivity index (χ3n) is 2.93. The Morgan fingerprint density at radius 2 is 2.26 bits per heavy atom. The first-order chi connectivity index (χ1) is 8.97. The lowest BCUT2D eigenvalue weighted by Gasteiger charge is -2.49. The Morgan fingerprint density at radius 3 is 2.79 bits per heavy atom. The van der Waals surface area contributed by atoms with Gasteiger partial charge in [0, 0.05) is 18.4 Å². The molecule has 1 fully saturated rings. The molecule has 0 saturated carbocycles. The van der Waals surface area contributed by atoms with Gasteiger partial charge in [0.1, 0.15) is 17.1 Å². The SMILES string of the molecule is CSCC1=C(C(=O)O)N2C(=O)[C@@H](NC(C)=O)[C@H]2SC1. The number of hydrogen-bond donors (Lipinski definition) is 2. The minimum atomic E-state index is -1.08. The maximum Gasteiger partial charge on any atom is 0.352 e. The van der Waals surface area contributed by atoms with Gasteiger partial charge in [-0.1, -0.05) is 0 Å². The van der Waals surface area contributed by atoms with Crippen molar-refractivity contribution >= 4 is 41.3 Å². The number of carbonyl (C=O) groups is 3. The lowest BCUT2D eigenvalue weighted by molar-refractivity contribution is -0.150. The molecule has 2 amide bonds. The van der Waals surface area contributed by atoms with Crippen LogP contribution in [0, 0.1) is 0 Å². The fourth-order valence-electron chi connectivity index (χ4n) is 2.19. The minimum Gasteiger partial charge on any atom is -0.477 e. The highest BCUT2D eigenvalue weighted by molar-refractivity contribution is 8.00. The summed E-state index contributed by atoms with van der Waals surface area (Å²) in [5.74, 6) is -0.537. The summed E-state index contributed by atoms with van der Waals surface area (Å²) in [6.45, 7) is 1.34. The van der Waals surface area contributed by atoms with Crippen molar-refractivity contribution in [3.63, 3.8) is 0 Å². The van der Waals surface area contributed by atoms with E-state index < -0.39 is 12.0 Å². The number of hydrogen-bond acceptors (Lipinski definition) is 5. The van der Waals surface area contributed by atoms with Gasteiger partial charge in [-0.2, -0.15) is 11.8 Å². The van der Waals surface area contributed by atoms with Gasteiger partial charge in [-0.3, -0.25) is 14.5 Å². The summed E-state index contributed by atoms with van der Waals surface area (Å²) in [5.41, 5.74) is 0.848. The van der Waals surface area contributed by atoms with E-state index in [4.69, 9.17) is 0 Å². The third kappa shape index (κ3) is 2.46. The van der Waals surface area contributed by atoms with Gasteiger partial charge >= 0.3 is 5.97 Å². The maximum atomic E-state index is 12.0. The molecule has 0 bridgehead atoms. The molecule has 104 valence electrons. The summed E-state index contributed by atoms with van der Waals surface area (Å²) in [6.07, 6.45) is 1.89. The van der Waals surface area contributed by atoms with E-state index in [0.29, 0.717) is 11.5 Å². The molecule has 1 saturated heterocycles. The Hall–Kier alpha value is -1.15. The van der Waals surface area contributed by atoms with Crippen molar-refractivity contribution in [3.05, 3.63) is 11.3 Å². The van der Waals surface area contributed by atoms with Crippen molar-refractivity contribution in [2.75, 3.05) is 17.8 Å². The number of carbonyl (C=O) groups excluding carboxylic acids is 2. The summed E-state index contributed by atoms with van der Waals surface area (Å²) < 4.78 is 0. The Bertz CT molecular complexity index is 477. The maximum absolute atomic E-state index is 12.0. The number of nitrogens with zero attached hydrogens (tertiary/aromatic N) is 1. The Kier molecular flexibility index (Phi) is 4.10. The largest absolute Gasteiger partial charge is 0.477 e. The zero-order chi connectivity index (χ0) is 14.2. The number of thioether (sulfide) groups is 2. The summed E-state index contributed by atoms with van der Waals surface area (Å²) in [5, 5.41) is 11.6. The normalized spacial score (nSPS) is 25.8. The van der Waals surface area contributed by atoms with Gasteiger partial charge in [0.15, 0.2) is 0 Å². The van der Waals surface area contributed by atoms with Gasteiger partial charge in [0.05, 0.1) is 0 Å². The van der Waals surface area contributed by atoms with Crippen LogP contribution in [-0.2, 0) is 14.4 Å². The smallest absolute Gasteiger partial charge is 0.352 e. The molecule has 0 unspecified atom stereocenters. The summed E-state index contributed by atoms with van der Waals surface area (Å²) >= 11 is 3.02. The van der Waals surface area contributed by atoms with Crippen LogP contribution in [0.15, 0.2) is 11.3 Å². The van der Waals surface area contributed by atoms with Crippen LogP contribution in [0.2, 0.25) is 0 Å². The van der Waals surface area contributed by atoms with Crippen LogP contribution in [0.4, 0.5) is 0 Å². The molecule has 0 radical (unpaired) electrons. The second-order valence-corrected chi connectivity index (χ2v) is 6.25. The third-order valence-corrected chi connectivity index (χ3v) is 4.90. The van der Waals surface area contributed by atoms with E-state index in [1.54, 1.807) is 0 Å². The van der Waals surface area contributed by atoms with Crippen LogP contribution >= 0.6 is 23.5 Å². The second kappa shape index (κ2) is 5.46. The number of nitrogens with one attached hydrogen (secondary N) is 1. The number of β-lactam (4-membered cyclic amide) rings is 1. The molecule has 8 heteroatoms. The van der Waals surface area contributed by atoms with Crippen molar-refractivity contribution in [3.8, 4) is 0 Å². The van der Waals surface area contributed by atoms with E-state index in [0.717, 1.165) is 5.57 Å². The number of rotatable bonds is 4. The van der Waals surface area contributed by atoms with Crippen molar-refractivity contribution in [1.82, 2.24) is 10.2 Å². The lowest BCUT2D eigenvalue weighted by atomic mass is 10.0. The molecule has 0 aromatic carbocycles. The first kappa shape index (κ1) is 14.3. The van der Waals surface area contributed by atoms with Crippen molar-refractivity contribution in [2.24, 2.45) is 0 Å². The molecule has 0 aromatic heterocycles. The zero-order valence-corrected chi connectivity index (χ0v) is 12.1. The molecule has 2 atom stereocenters. The average molecular weight is 302 g/mol. The number of fused-ring (bicyclic) bond motifs is 1. The Labute approximate surface area is 119 Å². The lowest BCUT2D eigenvalue weighted by Crippen LogP contribution is -2.70. The van der Waals surface area contributed by atoms with Crippen LogP contribution in [-0.4, -0.2) is 57.0 Å². The Morgan fingerprint density at radius 1 is 1.58 bits per heavy atom. The summed E-state index contributed by atoms with van der Waals surface area (Å²) in [4.78, 5) is 35.7. The second-order valence-electron chi connectivity index (χ2n) is 4.28. The Balaban J connectivity index is 2.25. The van der Waals surface area contributed by atoms with Gasteiger partial charge in [-0.25, -0.2) is 4.79 Å². The van der Waals surface area contributed by atoms with E-state index in [9.17, 15) is 19.5 Å². The van der Waals surface area contributed by atoms with E-state index in [2.05, 4.69) is 5.32 Å². The predicted molar refractivity (Wildman–Crippen MR) is 73.7 cm³/mol. The van der Waals surface area contributed by atoms with Crippen molar-refractivity contribution in [2.45, 2.75) is 18.3 Å². The first-order valence-electron chi connectivity index (χ1n) is 5.63. The van der Waals surface area contributed by atoms with Gasteiger partial charge in [0.2, 0.25) is 5.91 Å². The van der Waals surface area contributed by atoms with Crippen molar-refractivity contribution in [1.29, 1.82) is 0 Å². The van der Waals surface area contributed by atoms with Gasteiger partial charge in [-0.15, -0.1) is 11.8 Å². The molecule has 2 heterocycles. The van der Waals surface area contributed by atoms with Crippen LogP contribution in [0.5, 0.6) is 0 Å². The van der Waals surface area contributed by atoms with Gasteiger partial charge < -0.3 is 10.4 Å². The van der Waals surface area contributed by atoms with E-state index >= 15 is 0 Å². The van der Waals surface area contributed by atoms with E-state index in [1.807, 2.05) is 6.26 Å².